The Labute approximate surface area is 46.1 Å². The number of allylic oxidation sites excluding steroid dienone is 1. The van der Waals surface area contributed by atoms with Gasteiger partial charge in [-0.1, -0.05) is 0 Å². The molecule has 0 aromatic heterocycles. The van der Waals surface area contributed by atoms with Gasteiger partial charge < -0.3 is 10.8 Å². The molecule has 0 saturated heterocycles. The Balaban J connectivity index is 3.99. The Bertz CT molecular complexity index is 139. The maximum absolute atomic E-state index is 9.82. The van der Waals surface area contributed by atoms with E-state index in [4.69, 9.17) is 16.2 Å². The third-order valence-electron chi connectivity index (χ3n) is 0.523. The smallest absolute Gasteiger partial charge is 0.351 e. The van der Waals surface area contributed by atoms with Crippen molar-refractivity contribution in [2.75, 3.05) is 0 Å². The largest absolute Gasteiger partial charge is 0.477 e. The zero-order valence-electron chi connectivity index (χ0n) is 4.16. The van der Waals surface area contributed by atoms with Crippen LogP contribution in [0.3, 0.4) is 0 Å². The van der Waals surface area contributed by atoms with Crippen LogP contribution in [0.2, 0.25) is 0 Å². The highest BCUT2D eigenvalue weighted by molar-refractivity contribution is 5.89. The lowest BCUT2D eigenvalue weighted by molar-refractivity contribution is -0.132. The minimum atomic E-state index is -1.16. The number of hydrogen-bond acceptors (Lipinski definition) is 2. The van der Waals surface area contributed by atoms with Gasteiger partial charge in [-0.3, -0.25) is 5.41 Å². The van der Waals surface area contributed by atoms with E-state index < -0.39 is 5.97 Å². The van der Waals surface area contributed by atoms with Crippen LogP contribution in [-0.2, 0) is 4.79 Å². The topological polar surface area (TPSA) is 88.9 Å². The zero-order valence-corrected chi connectivity index (χ0v) is 4.16. The van der Waals surface area contributed by atoms with Crippen LogP contribution in [0.5, 0.6) is 0 Å². The van der Waals surface area contributed by atoms with Gasteiger partial charge in [-0.05, 0) is 0 Å². The summed E-state index contributed by atoms with van der Waals surface area (Å²) in [4.78, 5) is 9.82. The SMILES string of the molecule is N/C(=C\C=[NH2+])C(=O)O. The van der Waals surface area contributed by atoms with Gasteiger partial charge in [0.15, 0.2) is 6.21 Å². The van der Waals surface area contributed by atoms with E-state index in [2.05, 4.69) is 0 Å². The molecule has 0 aliphatic heterocycles. The number of hydrogen-bond donors (Lipinski definition) is 3. The van der Waals surface area contributed by atoms with Crippen molar-refractivity contribution in [1.29, 1.82) is 0 Å². The van der Waals surface area contributed by atoms with E-state index in [1.807, 2.05) is 0 Å². The molecule has 0 unspecified atom stereocenters. The summed E-state index contributed by atoms with van der Waals surface area (Å²) in [5.41, 5.74) is 4.62. The molecular weight excluding hydrogens is 108 g/mol. The molecule has 0 aliphatic rings. The maximum Gasteiger partial charge on any atom is 0.351 e. The lowest BCUT2D eigenvalue weighted by atomic mass is 10.4. The van der Waals surface area contributed by atoms with Crippen molar-refractivity contribution in [2.24, 2.45) is 5.73 Å². The molecule has 0 saturated carbocycles. The summed E-state index contributed by atoms with van der Waals surface area (Å²) in [6.07, 6.45) is 2.19. The summed E-state index contributed by atoms with van der Waals surface area (Å²) < 4.78 is 0. The molecular formula is C4H7N2O2+. The second-order valence-corrected chi connectivity index (χ2v) is 1.12. The minimum absolute atomic E-state index is 0.257. The molecule has 44 valence electrons. The first-order valence-electron chi connectivity index (χ1n) is 1.92. The number of aliphatic carboxylic acids is 1. The van der Waals surface area contributed by atoms with Crippen molar-refractivity contribution in [2.45, 2.75) is 0 Å². The lowest BCUT2D eigenvalue weighted by Gasteiger charge is -1.84. The number of carboxylic acids is 1. The molecule has 0 spiro atoms. The standard InChI is InChI=1S/C4H6N2O2/c5-2-1-3(6)4(7)8/h1-2,5H,6H2,(H,7,8)/p+1/b3-1-,5-2?. The van der Waals surface area contributed by atoms with Crippen molar-refractivity contribution >= 4 is 12.2 Å². The molecule has 4 heteroatoms. The summed E-state index contributed by atoms with van der Waals surface area (Å²) in [5, 5.41) is 12.9. The molecule has 0 heterocycles. The van der Waals surface area contributed by atoms with E-state index in [0.29, 0.717) is 0 Å². The van der Waals surface area contributed by atoms with E-state index in [0.717, 1.165) is 12.3 Å². The molecule has 0 atom stereocenters. The molecule has 0 fully saturated rings. The summed E-state index contributed by atoms with van der Waals surface area (Å²) in [7, 11) is 0. The average molecular weight is 115 g/mol. The van der Waals surface area contributed by atoms with E-state index in [9.17, 15) is 4.79 Å². The van der Waals surface area contributed by atoms with E-state index >= 15 is 0 Å². The summed E-state index contributed by atoms with van der Waals surface area (Å²) >= 11 is 0. The molecule has 0 aliphatic carbocycles. The third-order valence-corrected chi connectivity index (χ3v) is 0.523. The molecule has 0 radical (unpaired) electrons. The van der Waals surface area contributed by atoms with Crippen molar-refractivity contribution in [3.8, 4) is 0 Å². The van der Waals surface area contributed by atoms with Crippen LogP contribution in [0.1, 0.15) is 0 Å². The van der Waals surface area contributed by atoms with Gasteiger partial charge in [-0.25, -0.2) is 4.79 Å². The fourth-order valence-corrected chi connectivity index (χ4v) is 0.175. The first kappa shape index (κ1) is 6.68. The van der Waals surface area contributed by atoms with Gasteiger partial charge >= 0.3 is 5.97 Å². The molecule has 0 rings (SSSR count). The van der Waals surface area contributed by atoms with E-state index in [-0.39, 0.29) is 5.70 Å². The van der Waals surface area contributed by atoms with Gasteiger partial charge in [0.2, 0.25) is 0 Å². The van der Waals surface area contributed by atoms with Crippen LogP contribution >= 0.6 is 0 Å². The van der Waals surface area contributed by atoms with Gasteiger partial charge in [0.1, 0.15) is 5.70 Å². The number of carbonyl (C=O) groups is 1. The van der Waals surface area contributed by atoms with Crippen molar-refractivity contribution in [3.63, 3.8) is 0 Å². The highest BCUT2D eigenvalue weighted by Crippen LogP contribution is 1.76. The summed E-state index contributed by atoms with van der Waals surface area (Å²) in [5.74, 6) is -1.16. The number of nitrogens with two attached hydrogens (primary N) is 2. The first-order chi connectivity index (χ1) is 3.68. The molecule has 0 aromatic carbocycles. The Kier molecular flexibility index (Phi) is 2.33. The Morgan fingerprint density at radius 2 is 2.25 bits per heavy atom. The van der Waals surface area contributed by atoms with Gasteiger partial charge in [-0.2, -0.15) is 0 Å². The molecule has 0 bridgehead atoms. The predicted octanol–water partition coefficient (Wildman–Crippen LogP) is -2.26. The number of rotatable bonds is 2. The second kappa shape index (κ2) is 2.79. The van der Waals surface area contributed by atoms with Crippen LogP contribution in [0, 0.1) is 0 Å². The van der Waals surface area contributed by atoms with Crippen molar-refractivity contribution in [1.82, 2.24) is 0 Å². The zero-order chi connectivity index (χ0) is 6.57. The number of carboxylic acid groups (broad SMARTS) is 1. The first-order valence-corrected chi connectivity index (χ1v) is 1.92. The monoisotopic (exact) mass is 115 g/mol. The van der Waals surface area contributed by atoms with Crippen LogP contribution in [0.25, 0.3) is 0 Å². The fraction of sp³-hybridized carbons (Fsp3) is 0. The third kappa shape index (κ3) is 1.96. The van der Waals surface area contributed by atoms with Gasteiger partial charge in [0, 0.05) is 6.08 Å². The molecule has 8 heavy (non-hydrogen) atoms. The summed E-state index contributed by atoms with van der Waals surface area (Å²) in [6.45, 7) is 0. The normalized spacial score (nSPS) is 10.8. The Morgan fingerprint density at radius 1 is 1.75 bits per heavy atom. The van der Waals surface area contributed by atoms with Crippen LogP contribution in [0.15, 0.2) is 11.8 Å². The van der Waals surface area contributed by atoms with Crippen LogP contribution in [0.4, 0.5) is 0 Å². The quantitative estimate of drug-likeness (QED) is 0.280. The second-order valence-electron chi connectivity index (χ2n) is 1.12. The Hall–Kier alpha value is -1.32. The van der Waals surface area contributed by atoms with Crippen LogP contribution in [-0.4, -0.2) is 17.3 Å². The van der Waals surface area contributed by atoms with Crippen molar-refractivity contribution < 1.29 is 15.3 Å². The lowest BCUT2D eigenvalue weighted by Crippen LogP contribution is -2.29. The predicted molar refractivity (Wildman–Crippen MR) is 27.9 cm³/mol. The molecule has 4 nitrogen and oxygen atoms in total. The van der Waals surface area contributed by atoms with Crippen molar-refractivity contribution in [3.05, 3.63) is 11.8 Å². The van der Waals surface area contributed by atoms with E-state index in [1.165, 1.54) is 0 Å². The minimum Gasteiger partial charge on any atom is -0.477 e. The molecule has 5 N–H and O–H groups in total. The van der Waals surface area contributed by atoms with Gasteiger partial charge in [0.25, 0.3) is 0 Å². The highest BCUT2D eigenvalue weighted by Gasteiger charge is 1.96. The highest BCUT2D eigenvalue weighted by atomic mass is 16.4. The summed E-state index contributed by atoms with van der Waals surface area (Å²) in [6, 6.07) is 0. The maximum atomic E-state index is 9.82. The molecule has 0 aromatic rings. The average Bonchev–Trinajstić information content (AvgIpc) is 1.67. The van der Waals surface area contributed by atoms with Gasteiger partial charge in [-0.15, -0.1) is 0 Å². The fourth-order valence-electron chi connectivity index (χ4n) is 0.175. The van der Waals surface area contributed by atoms with Gasteiger partial charge in [0.05, 0.1) is 0 Å². The van der Waals surface area contributed by atoms with Crippen LogP contribution < -0.4 is 11.1 Å². The molecule has 0 amide bonds. The van der Waals surface area contributed by atoms with E-state index in [1.54, 1.807) is 0 Å². The Morgan fingerprint density at radius 3 is 2.38 bits per heavy atom.